The van der Waals surface area contributed by atoms with Gasteiger partial charge in [-0.1, -0.05) is 19.9 Å². The summed E-state index contributed by atoms with van der Waals surface area (Å²) >= 11 is 0. The lowest BCUT2D eigenvalue weighted by atomic mass is 10.1. The van der Waals surface area contributed by atoms with Gasteiger partial charge < -0.3 is 10.2 Å². The van der Waals surface area contributed by atoms with Gasteiger partial charge in [0.1, 0.15) is 5.82 Å². The highest BCUT2D eigenvalue weighted by molar-refractivity contribution is 5.42. The number of nitrogens with one attached hydrogen (secondary N) is 1. The van der Waals surface area contributed by atoms with Crippen LogP contribution in [0.5, 0.6) is 0 Å². The number of hydrogen-bond acceptors (Lipinski definition) is 3. The van der Waals surface area contributed by atoms with E-state index in [0.29, 0.717) is 5.92 Å². The second kappa shape index (κ2) is 6.13. The average Bonchev–Trinajstić information content (AvgIpc) is 3.17. The van der Waals surface area contributed by atoms with Crippen LogP contribution >= 0.6 is 0 Å². The van der Waals surface area contributed by atoms with Gasteiger partial charge in [0.15, 0.2) is 0 Å². The van der Waals surface area contributed by atoms with E-state index in [4.69, 9.17) is 0 Å². The van der Waals surface area contributed by atoms with Gasteiger partial charge >= 0.3 is 0 Å². The zero-order valence-corrected chi connectivity index (χ0v) is 13.6. The van der Waals surface area contributed by atoms with E-state index in [2.05, 4.69) is 62.0 Å². The van der Waals surface area contributed by atoms with Crippen molar-refractivity contribution in [3.63, 3.8) is 0 Å². The van der Waals surface area contributed by atoms with Crippen molar-refractivity contribution in [3.8, 4) is 0 Å². The number of anilines is 1. The molecule has 3 nitrogen and oxygen atoms in total. The van der Waals surface area contributed by atoms with Gasteiger partial charge in [-0.2, -0.15) is 0 Å². The zero-order valence-electron chi connectivity index (χ0n) is 13.6. The molecule has 1 N–H and O–H groups in total. The van der Waals surface area contributed by atoms with E-state index in [1.807, 2.05) is 6.20 Å². The van der Waals surface area contributed by atoms with Crippen LogP contribution in [0.15, 0.2) is 18.3 Å². The van der Waals surface area contributed by atoms with Crippen molar-refractivity contribution < 1.29 is 0 Å². The molecule has 0 aliphatic heterocycles. The van der Waals surface area contributed by atoms with Crippen molar-refractivity contribution in [1.82, 2.24) is 10.3 Å². The van der Waals surface area contributed by atoms with E-state index in [0.717, 1.165) is 24.9 Å². The van der Waals surface area contributed by atoms with Gasteiger partial charge in [0.25, 0.3) is 0 Å². The summed E-state index contributed by atoms with van der Waals surface area (Å²) in [7, 11) is 0. The van der Waals surface area contributed by atoms with Gasteiger partial charge in [-0.15, -0.1) is 0 Å². The van der Waals surface area contributed by atoms with E-state index in [1.165, 1.54) is 18.4 Å². The molecule has 0 spiro atoms. The third-order valence-electron chi connectivity index (χ3n) is 3.48. The fourth-order valence-corrected chi connectivity index (χ4v) is 2.27. The Balaban J connectivity index is 1.99. The fraction of sp³-hybridized carbons (Fsp3) is 0.706. The maximum atomic E-state index is 4.68. The van der Waals surface area contributed by atoms with Crippen molar-refractivity contribution in [1.29, 1.82) is 0 Å². The molecule has 1 aliphatic rings. The van der Waals surface area contributed by atoms with Crippen LogP contribution in [0.4, 0.5) is 5.82 Å². The highest BCUT2D eigenvalue weighted by Gasteiger charge is 2.30. The van der Waals surface area contributed by atoms with E-state index < -0.39 is 0 Å². The third-order valence-corrected chi connectivity index (χ3v) is 3.48. The van der Waals surface area contributed by atoms with Crippen LogP contribution < -0.4 is 10.2 Å². The Labute approximate surface area is 123 Å². The quantitative estimate of drug-likeness (QED) is 0.860. The smallest absolute Gasteiger partial charge is 0.128 e. The minimum absolute atomic E-state index is 0.149. The zero-order chi connectivity index (χ0) is 14.8. The number of hydrogen-bond donors (Lipinski definition) is 1. The summed E-state index contributed by atoms with van der Waals surface area (Å²) in [6.07, 6.45) is 4.66. The van der Waals surface area contributed by atoms with E-state index in [1.54, 1.807) is 0 Å². The Kier molecular flexibility index (Phi) is 4.69. The van der Waals surface area contributed by atoms with Gasteiger partial charge in [0, 0.05) is 30.9 Å². The van der Waals surface area contributed by atoms with Gasteiger partial charge in [-0.05, 0) is 51.2 Å². The molecule has 1 aromatic heterocycles. The van der Waals surface area contributed by atoms with Gasteiger partial charge in [0.05, 0.1) is 0 Å². The maximum absolute atomic E-state index is 4.68. The molecule has 1 saturated carbocycles. The summed E-state index contributed by atoms with van der Waals surface area (Å²) in [5.41, 5.74) is 1.40. The lowest BCUT2D eigenvalue weighted by Gasteiger charge is -2.26. The van der Waals surface area contributed by atoms with Gasteiger partial charge in [0.2, 0.25) is 0 Å². The second-order valence-corrected chi connectivity index (χ2v) is 7.41. The van der Waals surface area contributed by atoms with Gasteiger partial charge in [-0.25, -0.2) is 4.98 Å². The molecule has 2 rings (SSSR count). The fourth-order valence-electron chi connectivity index (χ4n) is 2.27. The first-order chi connectivity index (χ1) is 9.35. The first-order valence-corrected chi connectivity index (χ1v) is 7.82. The molecule has 20 heavy (non-hydrogen) atoms. The summed E-state index contributed by atoms with van der Waals surface area (Å²) in [4.78, 5) is 7.16. The molecule has 112 valence electrons. The molecule has 1 fully saturated rings. The molecule has 1 aliphatic carbocycles. The predicted octanol–water partition coefficient (Wildman–Crippen LogP) is 3.59. The minimum atomic E-state index is 0.149. The average molecular weight is 275 g/mol. The van der Waals surface area contributed by atoms with Crippen LogP contribution in [0.25, 0.3) is 0 Å². The molecular formula is C17H29N3. The molecular weight excluding hydrogens is 246 g/mol. The molecule has 0 atom stereocenters. The third kappa shape index (κ3) is 4.78. The topological polar surface area (TPSA) is 28.2 Å². The highest BCUT2D eigenvalue weighted by atomic mass is 15.2. The molecule has 0 bridgehead atoms. The Morgan fingerprint density at radius 3 is 2.45 bits per heavy atom. The molecule has 3 heteroatoms. The van der Waals surface area contributed by atoms with Gasteiger partial charge in [-0.3, -0.25) is 0 Å². The summed E-state index contributed by atoms with van der Waals surface area (Å²) in [5.74, 6) is 1.82. The number of nitrogens with zero attached hydrogens (tertiary/aromatic N) is 2. The molecule has 0 radical (unpaired) electrons. The van der Waals surface area contributed by atoms with Crippen LogP contribution in [-0.2, 0) is 6.54 Å². The van der Waals surface area contributed by atoms with E-state index in [9.17, 15) is 0 Å². The summed E-state index contributed by atoms with van der Waals surface area (Å²) < 4.78 is 0. The Hall–Kier alpha value is -1.09. The molecule has 1 heterocycles. The molecule has 1 aromatic rings. The maximum Gasteiger partial charge on any atom is 0.128 e. The number of rotatable bonds is 6. The standard InChI is InChI=1S/C17H29N3/c1-13(2)12-20(15-7-8-15)16-9-6-14(10-18-16)11-19-17(3,4)5/h6,9-10,13,15,19H,7-8,11-12H2,1-5H3. The van der Waals surface area contributed by atoms with E-state index >= 15 is 0 Å². The Morgan fingerprint density at radius 1 is 1.30 bits per heavy atom. The SMILES string of the molecule is CC(C)CN(c1ccc(CNC(C)(C)C)cn1)C1CC1. The normalized spacial score (nSPS) is 15.7. The first-order valence-electron chi connectivity index (χ1n) is 7.82. The molecule has 0 saturated heterocycles. The second-order valence-electron chi connectivity index (χ2n) is 7.41. The van der Waals surface area contributed by atoms with Crippen molar-refractivity contribution >= 4 is 5.82 Å². The largest absolute Gasteiger partial charge is 0.353 e. The molecule has 0 unspecified atom stereocenters. The lowest BCUT2D eigenvalue weighted by Crippen LogP contribution is -2.35. The van der Waals surface area contributed by atoms with Crippen LogP contribution in [0.2, 0.25) is 0 Å². The summed E-state index contributed by atoms with van der Waals surface area (Å²) in [6, 6.07) is 5.11. The Morgan fingerprint density at radius 2 is 2.00 bits per heavy atom. The van der Waals surface area contributed by atoms with Crippen molar-refractivity contribution in [2.24, 2.45) is 5.92 Å². The van der Waals surface area contributed by atoms with Crippen LogP contribution in [-0.4, -0.2) is 23.1 Å². The highest BCUT2D eigenvalue weighted by Crippen LogP contribution is 2.31. The summed E-state index contributed by atoms with van der Waals surface area (Å²) in [5, 5.41) is 3.50. The van der Waals surface area contributed by atoms with Crippen LogP contribution in [0.3, 0.4) is 0 Å². The minimum Gasteiger partial charge on any atom is -0.353 e. The van der Waals surface area contributed by atoms with Crippen LogP contribution in [0.1, 0.15) is 53.0 Å². The van der Waals surface area contributed by atoms with E-state index in [-0.39, 0.29) is 5.54 Å². The Bertz CT molecular complexity index is 413. The predicted molar refractivity (Wildman–Crippen MR) is 86.0 cm³/mol. The number of pyridine rings is 1. The monoisotopic (exact) mass is 275 g/mol. The first kappa shape index (κ1) is 15.3. The van der Waals surface area contributed by atoms with Crippen molar-refractivity contribution in [3.05, 3.63) is 23.9 Å². The van der Waals surface area contributed by atoms with Crippen molar-refractivity contribution in [2.45, 2.75) is 65.6 Å². The summed E-state index contributed by atoms with van der Waals surface area (Å²) in [6.45, 7) is 13.1. The molecule has 0 aromatic carbocycles. The molecule has 0 amide bonds. The lowest BCUT2D eigenvalue weighted by molar-refractivity contribution is 0.424. The number of aromatic nitrogens is 1. The van der Waals surface area contributed by atoms with Crippen molar-refractivity contribution in [2.75, 3.05) is 11.4 Å². The van der Waals surface area contributed by atoms with Crippen LogP contribution in [0, 0.1) is 5.92 Å².